The van der Waals surface area contributed by atoms with Crippen molar-refractivity contribution < 1.29 is 32.4 Å². The molecule has 5 aromatic rings. The van der Waals surface area contributed by atoms with Crippen LogP contribution in [-0.4, -0.2) is 37.9 Å². The molecule has 6 heterocycles. The Kier molecular flexibility index (Phi) is 5.08. The van der Waals surface area contributed by atoms with Gasteiger partial charge in [-0.2, -0.15) is 8.42 Å². The molecule has 0 unspecified atom stereocenters. The van der Waals surface area contributed by atoms with Crippen LogP contribution in [0.2, 0.25) is 0 Å². The van der Waals surface area contributed by atoms with Crippen LogP contribution in [0.1, 0.15) is 22.8 Å². The number of rotatable bonds is 1. The number of aromatic nitrogens is 5. The maximum Gasteiger partial charge on any atom is 0.296 e. The van der Waals surface area contributed by atoms with Crippen molar-refractivity contribution in [3.63, 3.8) is 0 Å². The Morgan fingerprint density at radius 3 is 2.24 bits per heavy atom. The molecule has 0 amide bonds. The molecule has 0 fully saturated rings. The first-order chi connectivity index (χ1) is 15.4. The molecule has 0 atom stereocenters. The molecule has 0 aliphatic carbocycles. The number of hydrogen-bond acceptors (Lipinski definition) is 3. The Balaban J connectivity index is 0.00000228. The van der Waals surface area contributed by atoms with Crippen molar-refractivity contribution in [3.05, 3.63) is 92.8 Å². The normalized spacial score (nSPS) is 12.8. The van der Waals surface area contributed by atoms with Gasteiger partial charge in [0.25, 0.3) is 10.1 Å². The van der Waals surface area contributed by atoms with E-state index in [9.17, 15) is 13.0 Å². The molecule has 8 nitrogen and oxygen atoms in total. The fourth-order valence-corrected chi connectivity index (χ4v) is 4.69. The molecule has 5 aromatic heterocycles. The molecule has 0 saturated carbocycles. The van der Waals surface area contributed by atoms with Crippen LogP contribution >= 0.6 is 0 Å². The zero-order chi connectivity index (χ0) is 21.9. The molecule has 10 heteroatoms. The maximum atomic E-state index is 12.1. The van der Waals surface area contributed by atoms with E-state index in [2.05, 4.69) is 24.9 Å². The van der Waals surface area contributed by atoms with Gasteiger partial charge in [0.2, 0.25) is 0 Å². The molecule has 0 aromatic carbocycles. The molecular formula is C23H17N5O3SZn. The second-order valence-electron chi connectivity index (χ2n) is 7.64. The molecule has 160 valence electrons. The third kappa shape index (κ3) is 3.93. The minimum atomic E-state index is -4.44. The summed E-state index contributed by atoms with van der Waals surface area (Å²) in [7, 11) is -4.44. The number of fused-ring (bicyclic) bond motifs is 11. The smallest absolute Gasteiger partial charge is 0.296 e. The zero-order valence-electron chi connectivity index (χ0n) is 17.3. The molecule has 5 N–H and O–H groups in total. The predicted molar refractivity (Wildman–Crippen MR) is 121 cm³/mol. The van der Waals surface area contributed by atoms with Gasteiger partial charge in [-0.3, -0.25) is 9.54 Å². The van der Waals surface area contributed by atoms with Gasteiger partial charge in [0.15, 0.2) is 0 Å². The van der Waals surface area contributed by atoms with Crippen molar-refractivity contribution in [2.24, 2.45) is 0 Å². The number of aromatic amines is 4. The summed E-state index contributed by atoms with van der Waals surface area (Å²) in [5, 5.41) is 3.46. The molecule has 1 aliphatic rings. The molecule has 0 spiro atoms. The average Bonchev–Trinajstić information content (AvgIpc) is 3.52. The molecule has 1 aliphatic heterocycles. The van der Waals surface area contributed by atoms with Crippen LogP contribution in [0.3, 0.4) is 0 Å². The second-order valence-corrected chi connectivity index (χ2v) is 9.03. The van der Waals surface area contributed by atoms with E-state index < -0.39 is 10.1 Å². The molecule has 6 rings (SSSR count). The summed E-state index contributed by atoms with van der Waals surface area (Å²) < 4.78 is 33.9. The van der Waals surface area contributed by atoms with Crippen molar-refractivity contribution >= 4 is 45.3 Å². The van der Waals surface area contributed by atoms with Gasteiger partial charge >= 0.3 is 0 Å². The Bertz CT molecular complexity index is 1870. The van der Waals surface area contributed by atoms with Crippen molar-refractivity contribution in [2.45, 2.75) is 4.90 Å². The van der Waals surface area contributed by atoms with Crippen LogP contribution in [0.5, 0.6) is 0 Å². The van der Waals surface area contributed by atoms with Gasteiger partial charge in [0.05, 0.1) is 22.3 Å². The van der Waals surface area contributed by atoms with Crippen LogP contribution in [0.15, 0.2) is 53.6 Å². The van der Waals surface area contributed by atoms with E-state index in [1.54, 1.807) is 18.3 Å². The minimum Gasteiger partial charge on any atom is -0.355 e. The van der Waals surface area contributed by atoms with Crippen molar-refractivity contribution in [1.82, 2.24) is 24.9 Å². The van der Waals surface area contributed by atoms with E-state index in [0.29, 0.717) is 11.0 Å². The zero-order valence-corrected chi connectivity index (χ0v) is 21.0. The van der Waals surface area contributed by atoms with E-state index in [-0.39, 0.29) is 29.7 Å². The van der Waals surface area contributed by atoms with Gasteiger partial charge in [-0.25, -0.2) is 0 Å². The predicted octanol–water partition coefficient (Wildman–Crippen LogP) is 0.420. The van der Waals surface area contributed by atoms with Gasteiger partial charge in [0.1, 0.15) is 4.90 Å². The molecule has 0 radical (unpaired) electrons. The summed E-state index contributed by atoms with van der Waals surface area (Å²) in [5.74, 6) is 0. The summed E-state index contributed by atoms with van der Waals surface area (Å²) in [6.45, 7) is 0. The van der Waals surface area contributed by atoms with Gasteiger partial charge in [-0.1, -0.05) is 0 Å². The third-order valence-electron chi connectivity index (χ3n) is 5.40. The Morgan fingerprint density at radius 1 is 0.758 bits per heavy atom. The van der Waals surface area contributed by atoms with Gasteiger partial charge in [-0.05, 0) is 66.8 Å². The van der Waals surface area contributed by atoms with Crippen LogP contribution < -0.4 is 21.4 Å². The van der Waals surface area contributed by atoms with E-state index in [4.69, 9.17) is 0 Å². The Morgan fingerprint density at radius 2 is 1.48 bits per heavy atom. The second kappa shape index (κ2) is 7.84. The minimum absolute atomic E-state index is 0. The summed E-state index contributed by atoms with van der Waals surface area (Å²) in [6, 6.07) is 12.9. The van der Waals surface area contributed by atoms with Gasteiger partial charge in [0, 0.05) is 58.5 Å². The summed E-state index contributed by atoms with van der Waals surface area (Å²) in [4.78, 5) is 17.4. The molecule has 0 saturated heterocycles. The fourth-order valence-electron chi connectivity index (χ4n) is 4.03. The Labute approximate surface area is 200 Å². The largest absolute Gasteiger partial charge is 0.355 e. The molecular weight excluding hydrogens is 492 g/mol. The molecule has 33 heavy (non-hydrogen) atoms. The summed E-state index contributed by atoms with van der Waals surface area (Å²) in [6.07, 6.45) is 9.09. The van der Waals surface area contributed by atoms with E-state index in [1.807, 2.05) is 48.6 Å². The van der Waals surface area contributed by atoms with Crippen LogP contribution in [0, 0.1) is 0 Å². The Hall–Kier alpha value is -3.46. The van der Waals surface area contributed by atoms with Crippen LogP contribution in [0.25, 0.3) is 35.2 Å². The number of pyridine rings is 1. The first-order valence-electron chi connectivity index (χ1n) is 9.87. The van der Waals surface area contributed by atoms with E-state index in [1.165, 1.54) is 6.07 Å². The monoisotopic (exact) mass is 507 g/mol. The number of H-pyrrole nitrogens is 4. The number of nitrogens with one attached hydrogen (secondary N) is 4. The van der Waals surface area contributed by atoms with E-state index >= 15 is 0 Å². The van der Waals surface area contributed by atoms with Crippen molar-refractivity contribution in [3.8, 4) is 0 Å². The summed E-state index contributed by atoms with van der Waals surface area (Å²) in [5.41, 5.74) is 3.88. The number of nitrogens with zero attached hydrogens (tertiary/aromatic N) is 1. The average molecular weight is 509 g/mol. The first-order valence-corrected chi connectivity index (χ1v) is 11.3. The van der Waals surface area contributed by atoms with E-state index in [0.717, 1.165) is 38.7 Å². The quantitative estimate of drug-likeness (QED) is 0.163. The van der Waals surface area contributed by atoms with Crippen molar-refractivity contribution in [1.29, 1.82) is 0 Å². The first kappa shape index (κ1) is 21.4. The fraction of sp³-hybridized carbons (Fsp3) is 0. The maximum absolute atomic E-state index is 12.1. The van der Waals surface area contributed by atoms with Crippen LogP contribution in [-0.2, 0) is 29.6 Å². The van der Waals surface area contributed by atoms with Gasteiger partial charge < -0.3 is 19.9 Å². The third-order valence-corrected chi connectivity index (χ3v) is 6.30. The summed E-state index contributed by atoms with van der Waals surface area (Å²) >= 11 is 0. The van der Waals surface area contributed by atoms with Crippen LogP contribution in [0.4, 0.5) is 0 Å². The number of hydrogen-bond donors (Lipinski definition) is 5. The van der Waals surface area contributed by atoms with Crippen molar-refractivity contribution in [2.75, 3.05) is 0 Å². The van der Waals surface area contributed by atoms with Gasteiger partial charge in [-0.15, -0.1) is 0 Å². The standard InChI is InChI=1S/C23H17N5O3S.Zn/c29-32(30,31)22-11-17-9-15-4-3-13(25-15)8-14-5-6-16(26-14)10-21-23-18(2-1-7-24-23)19(28-21)12-20(22)27-17;/h1-12,25-28H,(H,29,30,31);. The molecule has 8 bridgehead atoms. The SMILES string of the molecule is O=S(=O)(O)c1cc2[nH]c1=Cc1[nH]c(c3ncccc13)C=c1ccc([nH]1)=Cc1ccc([nH]1)C=2.[Zn]. The topological polar surface area (TPSA) is 130 Å².